The predicted molar refractivity (Wildman–Crippen MR) is 125 cm³/mol. The second-order valence-electron chi connectivity index (χ2n) is 11.8. The summed E-state index contributed by atoms with van der Waals surface area (Å²) in [5, 5.41) is 20.7. The second kappa shape index (κ2) is 7.48. The van der Waals surface area contributed by atoms with Gasteiger partial charge in [-0.1, -0.05) is 62.2 Å². The Kier molecular flexibility index (Phi) is 5.13. The summed E-state index contributed by atoms with van der Waals surface area (Å²) in [5.41, 5.74) is 4.89. The monoisotopic (exact) mass is 417 g/mol. The van der Waals surface area contributed by atoms with Crippen LogP contribution in [0, 0.1) is 45.3 Å². The van der Waals surface area contributed by atoms with Crippen LogP contribution in [0.3, 0.4) is 0 Å². The lowest BCUT2D eigenvalue weighted by atomic mass is 9.45. The molecule has 0 saturated heterocycles. The van der Waals surface area contributed by atoms with E-state index in [9.17, 15) is 10.4 Å². The Balaban J connectivity index is 1.44. The molecular weight excluding hydrogens is 378 g/mol. The molecule has 0 aliphatic heterocycles. The Bertz CT molecular complexity index is 912. The van der Waals surface area contributed by atoms with Gasteiger partial charge in [0.15, 0.2) is 0 Å². The molecule has 0 radical (unpaired) electrons. The highest BCUT2D eigenvalue weighted by atomic mass is 16.3. The molecule has 0 heterocycles. The van der Waals surface area contributed by atoms with Gasteiger partial charge in [-0.25, -0.2) is 0 Å². The van der Waals surface area contributed by atoms with Gasteiger partial charge in [0.05, 0.1) is 17.6 Å². The van der Waals surface area contributed by atoms with Crippen molar-refractivity contribution >= 4 is 0 Å². The van der Waals surface area contributed by atoms with Crippen LogP contribution in [0.5, 0.6) is 0 Å². The van der Waals surface area contributed by atoms with Gasteiger partial charge in [-0.2, -0.15) is 5.26 Å². The van der Waals surface area contributed by atoms with E-state index in [1.165, 1.54) is 37.7 Å². The first-order valence-corrected chi connectivity index (χ1v) is 12.7. The van der Waals surface area contributed by atoms with E-state index >= 15 is 0 Å². The third-order valence-electron chi connectivity index (χ3n) is 10.5. The maximum absolute atomic E-state index is 10.4. The van der Waals surface area contributed by atoms with Crippen LogP contribution in [0.25, 0.3) is 0 Å². The number of rotatable bonds is 3. The molecule has 0 amide bonds. The number of fused-ring (bicyclic) bond motifs is 4. The summed E-state index contributed by atoms with van der Waals surface area (Å²) in [6, 6.07) is 13.8. The maximum atomic E-state index is 10.4. The molecule has 0 spiro atoms. The van der Waals surface area contributed by atoms with Crippen LogP contribution < -0.4 is 0 Å². The summed E-state index contributed by atoms with van der Waals surface area (Å²) in [5.74, 6) is 2.21. The number of aliphatic hydroxyl groups is 1. The summed E-state index contributed by atoms with van der Waals surface area (Å²) in [4.78, 5) is 0. The summed E-state index contributed by atoms with van der Waals surface area (Å²) in [6.45, 7) is 7.46. The molecule has 0 bridgehead atoms. The molecule has 1 aromatic carbocycles. The average molecular weight is 418 g/mol. The quantitative estimate of drug-likeness (QED) is 0.547. The minimum absolute atomic E-state index is 0.0242. The molecule has 2 saturated carbocycles. The Morgan fingerprint density at radius 2 is 1.84 bits per heavy atom. The van der Waals surface area contributed by atoms with Gasteiger partial charge in [-0.15, -0.1) is 0 Å². The molecule has 31 heavy (non-hydrogen) atoms. The molecule has 1 N–H and O–H groups in total. The van der Waals surface area contributed by atoms with Crippen LogP contribution in [0.4, 0.5) is 0 Å². The summed E-state index contributed by atoms with van der Waals surface area (Å²) < 4.78 is 0. The lowest BCUT2D eigenvalue weighted by Crippen LogP contribution is -2.51. The van der Waals surface area contributed by atoms with Crippen LogP contribution in [-0.4, -0.2) is 11.2 Å². The van der Waals surface area contributed by atoms with Crippen molar-refractivity contribution in [2.24, 2.45) is 34.0 Å². The van der Waals surface area contributed by atoms with E-state index in [1.54, 1.807) is 11.1 Å². The highest BCUT2D eigenvalue weighted by molar-refractivity contribution is 5.39. The summed E-state index contributed by atoms with van der Waals surface area (Å²) in [6.07, 6.45) is 10.6. The minimum Gasteiger partial charge on any atom is -0.393 e. The molecule has 4 aliphatic rings. The van der Waals surface area contributed by atoms with Gasteiger partial charge in [0, 0.05) is 5.41 Å². The van der Waals surface area contributed by atoms with Crippen LogP contribution in [0.1, 0.15) is 84.1 Å². The minimum atomic E-state index is -0.351. The standard InChI is InChI=1S/C29H39NO/c1-20(17-21-7-5-4-6-8-21)24-9-10-25-23-12-16-29(19-30)18-22(31)11-15-28(29,3)26(23)13-14-27(24,25)2/h4-8,20,22,24-25,31H,9-18H2,1-3H3/t20-,22+,24-,25+,27-,28-,29+/m1/s1. The van der Waals surface area contributed by atoms with Gasteiger partial charge in [0.25, 0.3) is 0 Å². The third kappa shape index (κ3) is 3.06. The van der Waals surface area contributed by atoms with Crippen molar-refractivity contribution in [1.29, 1.82) is 5.26 Å². The Morgan fingerprint density at radius 1 is 1.06 bits per heavy atom. The SMILES string of the molecule is C[C@H](Cc1ccccc1)[C@H]1CC[C@H]2C3=C(CC[C@]12C)[C@@]1(C)CC[C@H](O)C[C@]1(C#N)CC3. The zero-order valence-corrected chi connectivity index (χ0v) is 19.7. The van der Waals surface area contributed by atoms with Gasteiger partial charge >= 0.3 is 0 Å². The average Bonchev–Trinajstić information content (AvgIpc) is 3.12. The Labute approximate surface area is 188 Å². The van der Waals surface area contributed by atoms with E-state index in [-0.39, 0.29) is 16.9 Å². The fraction of sp³-hybridized carbons (Fsp3) is 0.690. The molecule has 1 aromatic rings. The number of hydrogen-bond donors (Lipinski definition) is 1. The van der Waals surface area contributed by atoms with E-state index in [0.717, 1.165) is 31.6 Å². The first-order valence-electron chi connectivity index (χ1n) is 12.7. The predicted octanol–water partition coefficient (Wildman–Crippen LogP) is 6.84. The van der Waals surface area contributed by atoms with Crippen LogP contribution in [0.2, 0.25) is 0 Å². The van der Waals surface area contributed by atoms with Crippen LogP contribution in [-0.2, 0) is 6.42 Å². The van der Waals surface area contributed by atoms with E-state index in [4.69, 9.17) is 0 Å². The zero-order chi connectivity index (χ0) is 21.9. The van der Waals surface area contributed by atoms with Crippen LogP contribution >= 0.6 is 0 Å². The number of nitriles is 1. The van der Waals surface area contributed by atoms with Gasteiger partial charge in [-0.05, 0) is 92.9 Å². The smallest absolute Gasteiger partial charge is 0.0700 e. The number of aliphatic hydroxyl groups excluding tert-OH is 1. The van der Waals surface area contributed by atoms with E-state index in [0.29, 0.717) is 23.7 Å². The molecule has 166 valence electrons. The normalized spacial score (nSPS) is 42.9. The van der Waals surface area contributed by atoms with Crippen molar-refractivity contribution in [1.82, 2.24) is 0 Å². The lowest BCUT2D eigenvalue weighted by molar-refractivity contribution is -0.0253. The van der Waals surface area contributed by atoms with Gasteiger partial charge in [0.1, 0.15) is 0 Å². The molecule has 2 fully saturated rings. The highest BCUT2D eigenvalue weighted by Crippen LogP contribution is 2.68. The van der Waals surface area contributed by atoms with E-state index in [1.807, 2.05) is 0 Å². The first-order chi connectivity index (χ1) is 14.8. The molecule has 2 heteroatoms. The summed E-state index contributed by atoms with van der Waals surface area (Å²) in [7, 11) is 0. The maximum Gasteiger partial charge on any atom is 0.0700 e. The molecule has 0 unspecified atom stereocenters. The Morgan fingerprint density at radius 3 is 2.58 bits per heavy atom. The topological polar surface area (TPSA) is 44.0 Å². The lowest BCUT2D eigenvalue weighted by Gasteiger charge is -2.58. The highest BCUT2D eigenvalue weighted by Gasteiger charge is 2.60. The van der Waals surface area contributed by atoms with Gasteiger partial charge in [0.2, 0.25) is 0 Å². The fourth-order valence-electron chi connectivity index (χ4n) is 8.79. The molecule has 2 nitrogen and oxygen atoms in total. The van der Waals surface area contributed by atoms with E-state index in [2.05, 4.69) is 57.2 Å². The number of hydrogen-bond acceptors (Lipinski definition) is 2. The molecule has 5 rings (SSSR count). The molecular formula is C29H39NO. The van der Waals surface area contributed by atoms with Crippen molar-refractivity contribution in [3.8, 4) is 6.07 Å². The fourth-order valence-corrected chi connectivity index (χ4v) is 8.79. The largest absolute Gasteiger partial charge is 0.393 e. The third-order valence-corrected chi connectivity index (χ3v) is 10.5. The van der Waals surface area contributed by atoms with Crippen molar-refractivity contribution < 1.29 is 5.11 Å². The first kappa shape index (κ1) is 21.3. The van der Waals surface area contributed by atoms with Crippen molar-refractivity contribution in [2.75, 3.05) is 0 Å². The van der Waals surface area contributed by atoms with E-state index < -0.39 is 0 Å². The summed E-state index contributed by atoms with van der Waals surface area (Å²) >= 11 is 0. The van der Waals surface area contributed by atoms with Gasteiger partial charge < -0.3 is 5.11 Å². The van der Waals surface area contributed by atoms with Crippen molar-refractivity contribution in [2.45, 2.75) is 91.1 Å². The van der Waals surface area contributed by atoms with Crippen molar-refractivity contribution in [3.63, 3.8) is 0 Å². The number of benzene rings is 1. The van der Waals surface area contributed by atoms with Crippen LogP contribution in [0.15, 0.2) is 41.5 Å². The molecule has 7 atom stereocenters. The Hall–Kier alpha value is -1.59. The molecule has 4 aliphatic carbocycles. The number of allylic oxidation sites excluding steroid dienone is 2. The number of nitrogens with zero attached hydrogens (tertiary/aromatic N) is 1. The van der Waals surface area contributed by atoms with Gasteiger partial charge in [-0.3, -0.25) is 0 Å². The zero-order valence-electron chi connectivity index (χ0n) is 19.7. The van der Waals surface area contributed by atoms with Crippen molar-refractivity contribution in [3.05, 3.63) is 47.0 Å². The molecule has 0 aromatic heterocycles. The second-order valence-corrected chi connectivity index (χ2v) is 11.8.